The molecular weight excluding hydrogens is 516 g/mol. The van der Waals surface area contributed by atoms with E-state index in [4.69, 9.17) is 9.47 Å². The van der Waals surface area contributed by atoms with Crippen LogP contribution in [0.15, 0.2) is 91.2 Å². The molecule has 4 aromatic rings. The van der Waals surface area contributed by atoms with Gasteiger partial charge in [0.25, 0.3) is 0 Å². The predicted molar refractivity (Wildman–Crippen MR) is 175 cm³/mol. The van der Waals surface area contributed by atoms with Gasteiger partial charge in [0.1, 0.15) is 12.2 Å². The van der Waals surface area contributed by atoms with Gasteiger partial charge in [-0.25, -0.2) is 0 Å². The predicted octanol–water partition coefficient (Wildman–Crippen LogP) is 10.9. The average Bonchev–Trinajstić information content (AvgIpc) is 3.04. The second-order valence-corrected chi connectivity index (χ2v) is 10.9. The summed E-state index contributed by atoms with van der Waals surface area (Å²) in [6, 6.07) is 26.7. The van der Waals surface area contributed by atoms with Crippen LogP contribution < -0.4 is 0 Å². The van der Waals surface area contributed by atoms with Crippen LogP contribution in [-0.4, -0.2) is 5.97 Å². The third-order valence-corrected chi connectivity index (χ3v) is 8.26. The van der Waals surface area contributed by atoms with Gasteiger partial charge in [0.2, 0.25) is 0 Å². The number of carbonyl (C=O) groups is 1. The fourth-order valence-electron chi connectivity index (χ4n) is 5.95. The maximum Gasteiger partial charge on any atom is 0.306 e. The molecule has 0 amide bonds. The maximum atomic E-state index is 11.9. The molecule has 0 N–H and O–H groups in total. The summed E-state index contributed by atoms with van der Waals surface area (Å²) in [7, 11) is 0. The summed E-state index contributed by atoms with van der Waals surface area (Å²) in [5.74, 6) is 0.709. The summed E-state index contributed by atoms with van der Waals surface area (Å²) < 4.78 is 11.8. The van der Waals surface area contributed by atoms with Crippen LogP contribution in [0, 0.1) is 0 Å². The molecule has 42 heavy (non-hydrogen) atoms. The number of fused-ring (bicyclic) bond motifs is 3. The second-order valence-electron chi connectivity index (χ2n) is 10.9. The number of aryl methyl sites for hydroxylation is 1. The Labute approximate surface area is 250 Å². The minimum atomic E-state index is -0.200. The molecule has 0 saturated heterocycles. The number of esters is 1. The van der Waals surface area contributed by atoms with Gasteiger partial charge in [0.05, 0.1) is 5.76 Å². The van der Waals surface area contributed by atoms with Gasteiger partial charge in [0.15, 0.2) is 0 Å². The van der Waals surface area contributed by atoms with Gasteiger partial charge in [-0.2, -0.15) is 0 Å². The Hall–Kier alpha value is -4.11. The molecule has 3 heteroatoms. The van der Waals surface area contributed by atoms with Crippen molar-refractivity contribution in [3.63, 3.8) is 0 Å². The zero-order valence-electron chi connectivity index (χ0n) is 25.4. The molecule has 2 unspecified atom stereocenters. The highest BCUT2D eigenvalue weighted by Crippen LogP contribution is 2.38. The van der Waals surface area contributed by atoms with Crippen LogP contribution in [-0.2, 0) is 20.7 Å². The highest BCUT2D eigenvalue weighted by atomic mass is 16.5. The Morgan fingerprint density at radius 1 is 0.762 bits per heavy atom. The van der Waals surface area contributed by atoms with Gasteiger partial charge in [-0.3, -0.25) is 4.79 Å². The molecular formula is C39H42O3. The minimum Gasteiger partial charge on any atom is -0.491 e. The van der Waals surface area contributed by atoms with Gasteiger partial charge < -0.3 is 9.47 Å². The van der Waals surface area contributed by atoms with E-state index in [1.165, 1.54) is 38.6 Å². The van der Waals surface area contributed by atoms with Gasteiger partial charge in [-0.15, -0.1) is 0 Å². The lowest BCUT2D eigenvalue weighted by atomic mass is 9.86. The monoisotopic (exact) mass is 558 g/mol. The van der Waals surface area contributed by atoms with Crippen molar-refractivity contribution in [3.8, 4) is 22.3 Å². The van der Waals surface area contributed by atoms with E-state index in [9.17, 15) is 4.79 Å². The van der Waals surface area contributed by atoms with E-state index in [0.29, 0.717) is 6.42 Å². The van der Waals surface area contributed by atoms with E-state index in [1.54, 1.807) is 0 Å². The van der Waals surface area contributed by atoms with E-state index in [-0.39, 0.29) is 18.2 Å². The van der Waals surface area contributed by atoms with Gasteiger partial charge in [0, 0.05) is 24.8 Å². The van der Waals surface area contributed by atoms with Crippen molar-refractivity contribution in [2.75, 3.05) is 0 Å². The van der Waals surface area contributed by atoms with Crippen LogP contribution in [0.2, 0.25) is 0 Å². The van der Waals surface area contributed by atoms with Crippen molar-refractivity contribution >= 4 is 22.8 Å². The topological polar surface area (TPSA) is 35.5 Å². The summed E-state index contributed by atoms with van der Waals surface area (Å²) >= 11 is 0. The molecule has 0 aromatic heterocycles. The number of ether oxygens (including phenoxy) is 2. The molecule has 0 heterocycles. The number of hydrogen-bond acceptors (Lipinski definition) is 3. The molecule has 0 radical (unpaired) electrons. The molecule has 0 bridgehead atoms. The van der Waals surface area contributed by atoms with Crippen LogP contribution >= 0.6 is 0 Å². The third-order valence-electron chi connectivity index (χ3n) is 8.26. The molecule has 0 saturated carbocycles. The maximum absolute atomic E-state index is 11.9. The molecule has 4 aromatic carbocycles. The number of hydrogen-bond donors (Lipinski definition) is 0. The fraction of sp³-hybridized carbons (Fsp3) is 0.308. The number of benzene rings is 4. The number of carbonyl (C=O) groups excluding carboxylic acids is 1. The van der Waals surface area contributed by atoms with Crippen LogP contribution in [0.3, 0.4) is 0 Å². The molecule has 0 spiro atoms. The van der Waals surface area contributed by atoms with Crippen LogP contribution in [0.5, 0.6) is 0 Å². The van der Waals surface area contributed by atoms with Gasteiger partial charge in [-0.05, 0) is 87.2 Å². The summed E-state index contributed by atoms with van der Waals surface area (Å²) in [5.41, 5.74) is 9.72. The Morgan fingerprint density at radius 3 is 2.05 bits per heavy atom. The van der Waals surface area contributed by atoms with Crippen molar-refractivity contribution in [1.29, 1.82) is 0 Å². The highest BCUT2D eigenvalue weighted by Gasteiger charge is 2.23. The second kappa shape index (κ2) is 13.2. The normalized spacial score (nSPS) is 17.0. The van der Waals surface area contributed by atoms with Crippen molar-refractivity contribution in [2.45, 2.75) is 78.4 Å². The fourth-order valence-corrected chi connectivity index (χ4v) is 5.95. The molecule has 6 rings (SSSR count). The van der Waals surface area contributed by atoms with Crippen molar-refractivity contribution in [2.24, 2.45) is 0 Å². The van der Waals surface area contributed by atoms with Gasteiger partial charge in [-0.1, -0.05) is 101 Å². The summed E-state index contributed by atoms with van der Waals surface area (Å²) in [4.78, 5) is 11.9. The zero-order valence-corrected chi connectivity index (χ0v) is 25.4. The minimum absolute atomic E-state index is 0.122. The summed E-state index contributed by atoms with van der Waals surface area (Å²) in [5, 5.41) is 2.44. The SMILES string of the molecule is C=C(CC)OC1CCCc2cc(-c3ccc4cc(-c5ccc6c(c5)C=CCC6OC(=O)CC)ccc4c3)ccc21.CC. The van der Waals surface area contributed by atoms with Crippen LogP contribution in [0.1, 0.15) is 94.3 Å². The van der Waals surface area contributed by atoms with E-state index in [0.717, 1.165) is 54.6 Å². The first-order valence-electron chi connectivity index (χ1n) is 15.5. The van der Waals surface area contributed by atoms with E-state index >= 15 is 0 Å². The molecule has 216 valence electrons. The van der Waals surface area contributed by atoms with E-state index in [1.807, 2.05) is 20.8 Å². The van der Waals surface area contributed by atoms with Crippen molar-refractivity contribution in [1.82, 2.24) is 0 Å². The smallest absolute Gasteiger partial charge is 0.306 e. The molecule has 0 fully saturated rings. The molecule has 2 aliphatic rings. The molecule has 2 atom stereocenters. The molecule has 3 nitrogen and oxygen atoms in total. The highest BCUT2D eigenvalue weighted by molar-refractivity contribution is 5.91. The first-order chi connectivity index (χ1) is 20.5. The lowest BCUT2D eigenvalue weighted by Gasteiger charge is -2.27. The summed E-state index contributed by atoms with van der Waals surface area (Å²) in [6.07, 6.45) is 9.41. The average molecular weight is 559 g/mol. The van der Waals surface area contributed by atoms with Crippen LogP contribution in [0.25, 0.3) is 39.1 Å². The first-order valence-corrected chi connectivity index (χ1v) is 15.5. The Morgan fingerprint density at radius 2 is 1.38 bits per heavy atom. The Bertz CT molecular complexity index is 1630. The van der Waals surface area contributed by atoms with E-state index < -0.39 is 0 Å². The quantitative estimate of drug-likeness (QED) is 0.167. The largest absolute Gasteiger partial charge is 0.491 e. The Kier molecular flexibility index (Phi) is 9.27. The lowest BCUT2D eigenvalue weighted by molar-refractivity contribution is -0.149. The van der Waals surface area contributed by atoms with Crippen molar-refractivity contribution in [3.05, 3.63) is 113 Å². The standard InChI is InChI=1S/C37H36O3.C2H6/c1-4-24(3)39-35-10-6-8-31-22-29(16-18-33(31)35)27-14-12-26-21-28(15-13-25(26)20-27)30-17-19-34-32(23-30)9-7-11-36(34)40-37(38)5-2;1-2/h7,9,12-23,35-36H,3-6,8,10-11H2,1-2H3;1-2H3. The third kappa shape index (κ3) is 6.21. The number of rotatable bonds is 7. The first kappa shape index (κ1) is 29.4. The lowest BCUT2D eigenvalue weighted by Crippen LogP contribution is -2.13. The number of allylic oxidation sites excluding steroid dienone is 1. The molecule has 0 aliphatic heterocycles. The molecule has 2 aliphatic carbocycles. The van der Waals surface area contributed by atoms with Gasteiger partial charge >= 0.3 is 5.97 Å². The van der Waals surface area contributed by atoms with Crippen molar-refractivity contribution < 1.29 is 14.3 Å². The zero-order chi connectivity index (χ0) is 29.6. The summed E-state index contributed by atoms with van der Waals surface area (Å²) in [6.45, 7) is 12.0. The van der Waals surface area contributed by atoms with Crippen LogP contribution in [0.4, 0.5) is 0 Å². The van der Waals surface area contributed by atoms with E-state index in [2.05, 4.69) is 98.5 Å². The Balaban J connectivity index is 0.00000173.